The van der Waals surface area contributed by atoms with E-state index in [1.807, 2.05) is 39.0 Å². The lowest BCUT2D eigenvalue weighted by atomic mass is 9.97. The van der Waals surface area contributed by atoms with Gasteiger partial charge in [0.2, 0.25) is 5.91 Å². The van der Waals surface area contributed by atoms with Gasteiger partial charge in [-0.15, -0.1) is 0 Å². The van der Waals surface area contributed by atoms with Crippen molar-refractivity contribution in [1.29, 1.82) is 0 Å². The predicted molar refractivity (Wildman–Crippen MR) is 90.3 cm³/mol. The Hall–Kier alpha value is -1.56. The van der Waals surface area contributed by atoms with Gasteiger partial charge in [0.25, 0.3) is 0 Å². The summed E-state index contributed by atoms with van der Waals surface area (Å²) < 4.78 is 28.9. The molecule has 5 nitrogen and oxygen atoms in total. The standard InChI is InChI=1S/C17H25NO4S/c1-6-14(18-16(19)11(2)23(5,20)21)12-7-8-15-13(9-12)10-17(3,4)22-15/h7-9,11,14H,6,10H2,1-5H3,(H,18,19). The van der Waals surface area contributed by atoms with Crippen LogP contribution in [-0.2, 0) is 21.1 Å². The molecular weight excluding hydrogens is 314 g/mol. The first-order valence-electron chi connectivity index (χ1n) is 7.84. The third-order valence-electron chi connectivity index (χ3n) is 4.23. The fourth-order valence-corrected chi connectivity index (χ4v) is 3.21. The van der Waals surface area contributed by atoms with Gasteiger partial charge in [-0.25, -0.2) is 8.42 Å². The van der Waals surface area contributed by atoms with Crippen LogP contribution in [0.2, 0.25) is 0 Å². The maximum absolute atomic E-state index is 12.2. The smallest absolute Gasteiger partial charge is 0.238 e. The number of rotatable bonds is 5. The highest BCUT2D eigenvalue weighted by molar-refractivity contribution is 7.92. The first kappa shape index (κ1) is 17.8. The molecule has 2 atom stereocenters. The summed E-state index contributed by atoms with van der Waals surface area (Å²) in [5.74, 6) is 0.417. The monoisotopic (exact) mass is 339 g/mol. The Balaban J connectivity index is 2.18. The van der Waals surface area contributed by atoms with E-state index in [1.54, 1.807) is 0 Å². The second-order valence-corrected chi connectivity index (χ2v) is 9.21. The molecule has 23 heavy (non-hydrogen) atoms. The van der Waals surface area contributed by atoms with Crippen molar-refractivity contribution in [2.45, 2.75) is 57.4 Å². The molecule has 128 valence electrons. The number of amides is 1. The molecule has 1 aromatic rings. The third kappa shape index (κ3) is 4.05. The van der Waals surface area contributed by atoms with Gasteiger partial charge in [0.05, 0.1) is 6.04 Å². The van der Waals surface area contributed by atoms with Crippen molar-refractivity contribution in [3.05, 3.63) is 29.3 Å². The molecule has 6 heteroatoms. The highest BCUT2D eigenvalue weighted by Crippen LogP contribution is 2.36. The van der Waals surface area contributed by atoms with Crippen LogP contribution >= 0.6 is 0 Å². The van der Waals surface area contributed by atoms with Crippen molar-refractivity contribution in [2.75, 3.05) is 6.26 Å². The largest absolute Gasteiger partial charge is 0.487 e. The van der Waals surface area contributed by atoms with Gasteiger partial charge < -0.3 is 10.1 Å². The average Bonchev–Trinajstić information content (AvgIpc) is 2.75. The SMILES string of the molecule is CCC(NC(=O)C(C)S(C)(=O)=O)c1ccc2c(c1)CC(C)(C)O2. The van der Waals surface area contributed by atoms with Gasteiger partial charge in [-0.3, -0.25) is 4.79 Å². The zero-order chi connectivity index (χ0) is 17.4. The lowest BCUT2D eigenvalue weighted by Gasteiger charge is -2.20. The summed E-state index contributed by atoms with van der Waals surface area (Å²) >= 11 is 0. The molecule has 0 bridgehead atoms. The topological polar surface area (TPSA) is 72.5 Å². The Morgan fingerprint density at radius 3 is 2.61 bits per heavy atom. The number of hydrogen-bond acceptors (Lipinski definition) is 4. The molecule has 0 saturated carbocycles. The minimum absolute atomic E-state index is 0.208. The van der Waals surface area contributed by atoms with E-state index in [0.29, 0.717) is 6.42 Å². The minimum Gasteiger partial charge on any atom is -0.487 e. The maximum Gasteiger partial charge on any atom is 0.238 e. The predicted octanol–water partition coefficient (Wildman–Crippen LogP) is 2.40. The normalized spacial score (nSPS) is 18.7. The van der Waals surface area contributed by atoms with E-state index in [-0.39, 0.29) is 11.6 Å². The van der Waals surface area contributed by atoms with Crippen molar-refractivity contribution in [2.24, 2.45) is 0 Å². The number of ether oxygens (including phenoxy) is 1. The van der Waals surface area contributed by atoms with Crippen molar-refractivity contribution in [3.8, 4) is 5.75 Å². The van der Waals surface area contributed by atoms with Crippen LogP contribution in [-0.4, -0.2) is 31.4 Å². The molecule has 1 aromatic carbocycles. The van der Waals surface area contributed by atoms with E-state index in [1.165, 1.54) is 6.92 Å². The van der Waals surface area contributed by atoms with Gasteiger partial charge in [0.15, 0.2) is 9.84 Å². The third-order valence-corrected chi connectivity index (χ3v) is 5.72. The molecule has 0 fully saturated rings. The van der Waals surface area contributed by atoms with Crippen LogP contribution in [0.15, 0.2) is 18.2 Å². The molecule has 0 spiro atoms. The molecule has 0 radical (unpaired) electrons. The zero-order valence-corrected chi connectivity index (χ0v) is 15.2. The molecule has 2 unspecified atom stereocenters. The maximum atomic E-state index is 12.2. The Bertz CT molecular complexity index is 709. The summed E-state index contributed by atoms with van der Waals surface area (Å²) in [5, 5.41) is 1.79. The molecular formula is C17H25NO4S. The highest BCUT2D eigenvalue weighted by atomic mass is 32.2. The van der Waals surface area contributed by atoms with Crippen molar-refractivity contribution >= 4 is 15.7 Å². The average molecular weight is 339 g/mol. The molecule has 1 N–H and O–H groups in total. The minimum atomic E-state index is -3.40. The number of hydrogen-bond donors (Lipinski definition) is 1. The number of nitrogens with one attached hydrogen (secondary N) is 1. The number of sulfone groups is 1. The van der Waals surface area contributed by atoms with E-state index >= 15 is 0 Å². The Labute approximate surface area is 138 Å². The zero-order valence-electron chi connectivity index (χ0n) is 14.3. The first-order chi connectivity index (χ1) is 10.5. The quantitative estimate of drug-likeness (QED) is 0.894. The van der Waals surface area contributed by atoms with E-state index in [0.717, 1.165) is 29.6 Å². The van der Waals surface area contributed by atoms with Crippen LogP contribution in [0.4, 0.5) is 0 Å². The van der Waals surface area contributed by atoms with E-state index in [9.17, 15) is 13.2 Å². The van der Waals surface area contributed by atoms with Crippen LogP contribution in [0.25, 0.3) is 0 Å². The molecule has 1 aliphatic heterocycles. The molecule has 1 aliphatic rings. The summed E-state index contributed by atoms with van der Waals surface area (Å²) in [6.07, 6.45) is 2.58. The lowest BCUT2D eigenvalue weighted by molar-refractivity contribution is -0.121. The molecule has 1 amide bonds. The fraction of sp³-hybridized carbons (Fsp3) is 0.588. The molecule has 0 aliphatic carbocycles. The van der Waals surface area contributed by atoms with Crippen molar-refractivity contribution in [1.82, 2.24) is 5.32 Å². The van der Waals surface area contributed by atoms with Gasteiger partial charge >= 0.3 is 0 Å². The molecule has 0 saturated heterocycles. The number of fused-ring (bicyclic) bond motifs is 1. The molecule has 2 rings (SSSR count). The van der Waals surface area contributed by atoms with Gasteiger partial charge in [0, 0.05) is 12.7 Å². The second kappa shape index (κ2) is 6.15. The number of benzene rings is 1. The van der Waals surface area contributed by atoms with E-state index in [4.69, 9.17) is 4.74 Å². The van der Waals surface area contributed by atoms with Gasteiger partial charge in [-0.1, -0.05) is 13.0 Å². The van der Waals surface area contributed by atoms with E-state index in [2.05, 4.69) is 5.32 Å². The Morgan fingerprint density at radius 1 is 1.39 bits per heavy atom. The Kier molecular flexibility index (Phi) is 4.76. The van der Waals surface area contributed by atoms with Crippen LogP contribution in [0.3, 0.4) is 0 Å². The highest BCUT2D eigenvalue weighted by Gasteiger charge is 2.31. The summed E-state index contributed by atoms with van der Waals surface area (Å²) in [4.78, 5) is 12.2. The lowest BCUT2D eigenvalue weighted by Crippen LogP contribution is -2.39. The van der Waals surface area contributed by atoms with Crippen molar-refractivity contribution in [3.63, 3.8) is 0 Å². The van der Waals surface area contributed by atoms with Crippen LogP contribution < -0.4 is 10.1 Å². The summed E-state index contributed by atoms with van der Waals surface area (Å²) in [7, 11) is -3.40. The van der Waals surface area contributed by atoms with Crippen LogP contribution in [0.1, 0.15) is 51.3 Å². The summed E-state index contributed by atoms with van der Waals surface area (Å²) in [6.45, 7) is 7.46. The molecule has 1 heterocycles. The van der Waals surface area contributed by atoms with Gasteiger partial charge in [-0.05, 0) is 50.5 Å². The number of carbonyl (C=O) groups excluding carboxylic acids is 1. The second-order valence-electron chi connectivity index (χ2n) is 6.85. The van der Waals surface area contributed by atoms with Gasteiger partial charge in [0.1, 0.15) is 16.6 Å². The van der Waals surface area contributed by atoms with Crippen molar-refractivity contribution < 1.29 is 17.9 Å². The summed E-state index contributed by atoms with van der Waals surface area (Å²) in [6, 6.07) is 5.69. The number of carbonyl (C=O) groups is 1. The van der Waals surface area contributed by atoms with Gasteiger partial charge in [-0.2, -0.15) is 0 Å². The van der Waals surface area contributed by atoms with Crippen LogP contribution in [0.5, 0.6) is 5.75 Å². The Morgan fingerprint density at radius 2 is 2.04 bits per heavy atom. The molecule has 0 aromatic heterocycles. The fourth-order valence-electron chi connectivity index (χ4n) is 2.75. The van der Waals surface area contributed by atoms with Crippen LogP contribution in [0, 0.1) is 0 Å². The first-order valence-corrected chi connectivity index (χ1v) is 9.80. The van der Waals surface area contributed by atoms with E-state index < -0.39 is 21.0 Å². The summed E-state index contributed by atoms with van der Waals surface area (Å²) in [5.41, 5.74) is 1.88.